The first-order chi connectivity index (χ1) is 16.9. The fourth-order valence-corrected chi connectivity index (χ4v) is 5.88. The second-order valence-electron chi connectivity index (χ2n) is 9.30. The average molecular weight is 500 g/mol. The highest BCUT2D eigenvalue weighted by Crippen LogP contribution is 2.24. The molecule has 1 aliphatic heterocycles. The van der Waals surface area contributed by atoms with Crippen LogP contribution in [0.3, 0.4) is 0 Å². The first-order valence-corrected chi connectivity index (χ1v) is 13.7. The summed E-state index contributed by atoms with van der Waals surface area (Å²) < 4.78 is 33.0. The van der Waals surface area contributed by atoms with Gasteiger partial charge in [-0.05, 0) is 62.1 Å². The van der Waals surface area contributed by atoms with Crippen LogP contribution in [0.5, 0.6) is 5.75 Å². The minimum Gasteiger partial charge on any atom is -0.497 e. The SMILES string of the molecule is COc1cccc(S(=O)(=O)Nc2ccc(C(=O)N3CCC[C@@H](C(=O)NC4CCCCC4)C3)cc2)c1. The van der Waals surface area contributed by atoms with Gasteiger partial charge in [0.05, 0.1) is 17.9 Å². The molecule has 2 aliphatic rings. The van der Waals surface area contributed by atoms with Crippen molar-refractivity contribution in [1.29, 1.82) is 0 Å². The lowest BCUT2D eigenvalue weighted by Gasteiger charge is -2.33. The zero-order valence-electron chi connectivity index (χ0n) is 20.0. The van der Waals surface area contributed by atoms with Crippen LogP contribution in [0, 0.1) is 5.92 Å². The molecular weight excluding hydrogens is 466 g/mol. The van der Waals surface area contributed by atoms with E-state index in [9.17, 15) is 18.0 Å². The predicted octanol–water partition coefficient (Wildman–Crippen LogP) is 3.80. The third-order valence-corrected chi connectivity index (χ3v) is 8.15. The molecule has 2 N–H and O–H groups in total. The lowest BCUT2D eigenvalue weighted by Crippen LogP contribution is -2.47. The number of hydrogen-bond acceptors (Lipinski definition) is 5. The Morgan fingerprint density at radius 1 is 0.971 bits per heavy atom. The first kappa shape index (κ1) is 25.0. The Hall–Kier alpha value is -3.07. The number of ether oxygens (including phenoxy) is 1. The van der Waals surface area contributed by atoms with Crippen LogP contribution in [0.4, 0.5) is 5.69 Å². The number of carbonyl (C=O) groups excluding carboxylic acids is 2. The summed E-state index contributed by atoms with van der Waals surface area (Å²) in [5.74, 6) is 0.156. The zero-order valence-corrected chi connectivity index (χ0v) is 20.9. The summed E-state index contributed by atoms with van der Waals surface area (Å²) in [5.41, 5.74) is 0.815. The molecule has 2 aromatic carbocycles. The van der Waals surface area contributed by atoms with Gasteiger partial charge in [-0.1, -0.05) is 25.3 Å². The summed E-state index contributed by atoms with van der Waals surface area (Å²) in [6.07, 6.45) is 7.20. The van der Waals surface area contributed by atoms with Crippen LogP contribution in [0.25, 0.3) is 0 Å². The molecule has 1 atom stereocenters. The van der Waals surface area contributed by atoms with Crippen LogP contribution in [0.1, 0.15) is 55.3 Å². The van der Waals surface area contributed by atoms with E-state index in [-0.39, 0.29) is 28.7 Å². The van der Waals surface area contributed by atoms with Gasteiger partial charge in [0, 0.05) is 36.4 Å². The van der Waals surface area contributed by atoms with Crippen molar-refractivity contribution in [3.63, 3.8) is 0 Å². The van der Waals surface area contributed by atoms with Gasteiger partial charge in [0.1, 0.15) is 5.75 Å². The Morgan fingerprint density at radius 2 is 1.71 bits per heavy atom. The van der Waals surface area contributed by atoms with E-state index >= 15 is 0 Å². The molecule has 2 aromatic rings. The van der Waals surface area contributed by atoms with Crippen molar-refractivity contribution in [3.8, 4) is 5.75 Å². The van der Waals surface area contributed by atoms with Gasteiger partial charge in [-0.3, -0.25) is 14.3 Å². The molecule has 8 nitrogen and oxygen atoms in total. The van der Waals surface area contributed by atoms with Crippen molar-refractivity contribution in [3.05, 3.63) is 54.1 Å². The summed E-state index contributed by atoms with van der Waals surface area (Å²) in [6.45, 7) is 1.01. The summed E-state index contributed by atoms with van der Waals surface area (Å²) >= 11 is 0. The number of hydrogen-bond donors (Lipinski definition) is 2. The number of nitrogens with zero attached hydrogens (tertiary/aromatic N) is 1. The number of methoxy groups -OCH3 is 1. The quantitative estimate of drug-likeness (QED) is 0.603. The van der Waals surface area contributed by atoms with Gasteiger partial charge in [0.25, 0.3) is 15.9 Å². The van der Waals surface area contributed by atoms with Crippen molar-refractivity contribution in [1.82, 2.24) is 10.2 Å². The maximum atomic E-state index is 13.1. The minimum absolute atomic E-state index is 0.0525. The molecule has 4 rings (SSSR count). The first-order valence-electron chi connectivity index (χ1n) is 12.2. The van der Waals surface area contributed by atoms with E-state index < -0.39 is 10.0 Å². The molecule has 0 unspecified atom stereocenters. The van der Waals surface area contributed by atoms with E-state index in [1.807, 2.05) is 0 Å². The second kappa shape index (κ2) is 11.1. The number of nitrogens with one attached hydrogen (secondary N) is 2. The second-order valence-corrected chi connectivity index (χ2v) is 11.0. The molecule has 188 valence electrons. The molecule has 35 heavy (non-hydrogen) atoms. The van der Waals surface area contributed by atoms with Gasteiger partial charge >= 0.3 is 0 Å². The Balaban J connectivity index is 1.36. The Morgan fingerprint density at radius 3 is 2.43 bits per heavy atom. The van der Waals surface area contributed by atoms with Crippen molar-refractivity contribution in [2.75, 3.05) is 24.9 Å². The Bertz CT molecular complexity index is 1140. The lowest BCUT2D eigenvalue weighted by atomic mass is 9.93. The third-order valence-electron chi connectivity index (χ3n) is 6.77. The maximum Gasteiger partial charge on any atom is 0.262 e. The molecule has 1 saturated carbocycles. The molecule has 2 fully saturated rings. The van der Waals surface area contributed by atoms with Crippen LogP contribution < -0.4 is 14.8 Å². The zero-order chi connectivity index (χ0) is 24.8. The number of sulfonamides is 1. The third kappa shape index (κ3) is 6.33. The van der Waals surface area contributed by atoms with Gasteiger partial charge in [-0.2, -0.15) is 0 Å². The molecule has 9 heteroatoms. The van der Waals surface area contributed by atoms with Gasteiger partial charge in [-0.25, -0.2) is 8.42 Å². The number of carbonyl (C=O) groups is 2. The fourth-order valence-electron chi connectivity index (χ4n) is 4.79. The highest BCUT2D eigenvalue weighted by atomic mass is 32.2. The molecule has 2 amide bonds. The number of rotatable bonds is 7. The fraction of sp³-hybridized carbons (Fsp3) is 0.462. The number of benzene rings is 2. The van der Waals surface area contributed by atoms with Crippen LogP contribution in [0.2, 0.25) is 0 Å². The molecular formula is C26H33N3O5S. The van der Waals surface area contributed by atoms with Crippen LogP contribution in [-0.2, 0) is 14.8 Å². The average Bonchev–Trinajstić information content (AvgIpc) is 2.89. The van der Waals surface area contributed by atoms with E-state index in [1.54, 1.807) is 41.3 Å². The highest BCUT2D eigenvalue weighted by Gasteiger charge is 2.30. The van der Waals surface area contributed by atoms with Gasteiger partial charge in [0.2, 0.25) is 5.91 Å². The Labute approximate surface area is 207 Å². The Kier molecular flexibility index (Phi) is 7.95. The molecule has 0 aromatic heterocycles. The number of piperidine rings is 1. The largest absolute Gasteiger partial charge is 0.497 e. The van der Waals surface area contributed by atoms with Gasteiger partial charge in [0.15, 0.2) is 0 Å². The van der Waals surface area contributed by atoms with E-state index in [1.165, 1.54) is 25.7 Å². The van der Waals surface area contributed by atoms with E-state index in [4.69, 9.17) is 4.74 Å². The van der Waals surface area contributed by atoms with Gasteiger partial charge < -0.3 is 15.0 Å². The summed E-state index contributed by atoms with van der Waals surface area (Å²) in [6, 6.07) is 12.8. The van der Waals surface area contributed by atoms with E-state index in [2.05, 4.69) is 10.0 Å². The van der Waals surface area contributed by atoms with E-state index in [0.29, 0.717) is 30.1 Å². The standard InChI is InChI=1S/C26H33N3O5S/c1-34-23-10-5-11-24(17-23)35(32,33)28-22-14-12-19(13-15-22)26(31)29-16-6-7-20(18-29)25(30)27-21-8-3-2-4-9-21/h5,10-15,17,20-21,28H,2-4,6-9,16,18H2,1H3,(H,27,30)/t20-/m1/s1. The molecule has 1 saturated heterocycles. The predicted molar refractivity (Wildman–Crippen MR) is 134 cm³/mol. The molecule has 1 heterocycles. The maximum absolute atomic E-state index is 13.1. The highest BCUT2D eigenvalue weighted by molar-refractivity contribution is 7.92. The van der Waals surface area contributed by atoms with Crippen LogP contribution >= 0.6 is 0 Å². The molecule has 0 spiro atoms. The molecule has 0 bridgehead atoms. The van der Waals surface area contributed by atoms with Gasteiger partial charge in [-0.15, -0.1) is 0 Å². The van der Waals surface area contributed by atoms with E-state index in [0.717, 1.165) is 38.5 Å². The van der Waals surface area contributed by atoms with Crippen molar-refractivity contribution < 1.29 is 22.7 Å². The molecule has 0 radical (unpaired) electrons. The van der Waals surface area contributed by atoms with Crippen molar-refractivity contribution in [2.45, 2.75) is 55.9 Å². The molecule has 1 aliphatic carbocycles. The number of likely N-dealkylation sites (tertiary alicyclic amines) is 1. The number of amides is 2. The number of anilines is 1. The normalized spacial score (nSPS) is 19.1. The monoisotopic (exact) mass is 499 g/mol. The van der Waals surface area contributed by atoms with Crippen LogP contribution in [0.15, 0.2) is 53.4 Å². The van der Waals surface area contributed by atoms with Crippen molar-refractivity contribution >= 4 is 27.5 Å². The smallest absolute Gasteiger partial charge is 0.262 e. The summed E-state index contributed by atoms with van der Waals surface area (Å²) in [7, 11) is -2.32. The minimum atomic E-state index is -3.80. The summed E-state index contributed by atoms with van der Waals surface area (Å²) in [5, 5.41) is 3.19. The van der Waals surface area contributed by atoms with Crippen LogP contribution in [-0.4, -0.2) is 51.4 Å². The topological polar surface area (TPSA) is 105 Å². The van der Waals surface area contributed by atoms with Crippen molar-refractivity contribution in [2.24, 2.45) is 5.92 Å². The summed E-state index contributed by atoms with van der Waals surface area (Å²) in [4.78, 5) is 27.7. The lowest BCUT2D eigenvalue weighted by molar-refractivity contribution is -0.127.